The summed E-state index contributed by atoms with van der Waals surface area (Å²) in [4.78, 5) is 6.18. The molecule has 0 spiro atoms. The van der Waals surface area contributed by atoms with Crippen LogP contribution in [0.2, 0.25) is 0 Å². The van der Waals surface area contributed by atoms with Gasteiger partial charge in [-0.2, -0.15) is 5.26 Å². The second kappa shape index (κ2) is 6.04. The normalized spacial score (nSPS) is 10.4. The number of aryl methyl sites for hydroxylation is 2. The Labute approximate surface area is 129 Å². The monoisotopic (exact) mass is 299 g/mol. The van der Waals surface area contributed by atoms with Crippen molar-refractivity contribution in [2.24, 2.45) is 11.5 Å². The van der Waals surface area contributed by atoms with Crippen LogP contribution < -0.4 is 16.4 Å². The highest BCUT2D eigenvalue weighted by Crippen LogP contribution is 2.32. The van der Waals surface area contributed by atoms with E-state index in [1.54, 1.807) is 17.2 Å². The van der Waals surface area contributed by atoms with Gasteiger partial charge >= 0.3 is 0 Å². The molecule has 0 bridgehead atoms. The molecular formula is C15H17N5S. The molecule has 0 amide bonds. The first-order chi connectivity index (χ1) is 10.0. The zero-order valence-corrected chi connectivity index (χ0v) is 12.9. The van der Waals surface area contributed by atoms with E-state index in [-0.39, 0.29) is 5.11 Å². The van der Waals surface area contributed by atoms with E-state index in [1.165, 1.54) is 0 Å². The van der Waals surface area contributed by atoms with E-state index in [0.717, 1.165) is 27.7 Å². The third-order valence-corrected chi connectivity index (χ3v) is 3.69. The minimum absolute atomic E-state index is 0.268. The zero-order chi connectivity index (χ0) is 15.6. The van der Waals surface area contributed by atoms with E-state index >= 15 is 0 Å². The van der Waals surface area contributed by atoms with Crippen LogP contribution in [0.25, 0.3) is 10.9 Å². The Morgan fingerprint density at radius 2 is 2.19 bits per heavy atom. The summed E-state index contributed by atoms with van der Waals surface area (Å²) >= 11 is 5.12. The summed E-state index contributed by atoms with van der Waals surface area (Å²) < 4.78 is 0. The van der Waals surface area contributed by atoms with E-state index in [9.17, 15) is 5.26 Å². The molecule has 1 aromatic carbocycles. The van der Waals surface area contributed by atoms with Crippen molar-refractivity contribution in [3.8, 4) is 6.07 Å². The van der Waals surface area contributed by atoms with Gasteiger partial charge in [0.15, 0.2) is 5.11 Å². The molecule has 4 N–H and O–H groups in total. The van der Waals surface area contributed by atoms with Crippen molar-refractivity contribution in [3.05, 3.63) is 35.0 Å². The van der Waals surface area contributed by atoms with Crippen LogP contribution in [0.15, 0.2) is 18.3 Å². The maximum Gasteiger partial charge on any atom is 0.170 e. The molecule has 0 aliphatic rings. The molecule has 0 aliphatic heterocycles. The Bertz CT molecular complexity index is 748. The average molecular weight is 299 g/mol. The van der Waals surface area contributed by atoms with E-state index in [2.05, 4.69) is 11.1 Å². The molecule has 0 aliphatic carbocycles. The first kappa shape index (κ1) is 15.2. The molecular weight excluding hydrogens is 282 g/mol. The van der Waals surface area contributed by atoms with Gasteiger partial charge in [-0.05, 0) is 49.3 Å². The molecule has 108 valence electrons. The van der Waals surface area contributed by atoms with Gasteiger partial charge in [0, 0.05) is 30.4 Å². The molecule has 0 saturated heterocycles. The largest absolute Gasteiger partial charge is 0.376 e. The number of nitrogens with two attached hydrogens (primary N) is 2. The Hall–Kier alpha value is -2.23. The van der Waals surface area contributed by atoms with Gasteiger partial charge < -0.3 is 16.4 Å². The van der Waals surface area contributed by atoms with Crippen molar-refractivity contribution in [2.45, 2.75) is 13.8 Å². The molecule has 0 fully saturated rings. The van der Waals surface area contributed by atoms with Crippen molar-refractivity contribution in [1.29, 1.82) is 5.26 Å². The number of rotatable bonds is 3. The fourth-order valence-corrected chi connectivity index (χ4v) is 2.69. The number of nitrogens with zero attached hydrogens (tertiary/aromatic N) is 3. The van der Waals surface area contributed by atoms with E-state index in [0.29, 0.717) is 18.7 Å². The summed E-state index contributed by atoms with van der Waals surface area (Å²) in [6.45, 7) is 4.87. The summed E-state index contributed by atoms with van der Waals surface area (Å²) in [5.74, 6) is 0. The maximum absolute atomic E-state index is 9.33. The molecule has 0 atom stereocenters. The molecule has 2 aromatic rings. The van der Waals surface area contributed by atoms with E-state index in [1.807, 2.05) is 19.9 Å². The average Bonchev–Trinajstić information content (AvgIpc) is 2.47. The number of hydrogen-bond acceptors (Lipinski definition) is 4. The minimum atomic E-state index is 0.268. The van der Waals surface area contributed by atoms with Gasteiger partial charge in [-0.3, -0.25) is 4.98 Å². The van der Waals surface area contributed by atoms with Crippen LogP contribution in [0, 0.1) is 25.2 Å². The second-order valence-electron chi connectivity index (χ2n) is 4.81. The van der Waals surface area contributed by atoms with Crippen molar-refractivity contribution in [2.75, 3.05) is 18.0 Å². The van der Waals surface area contributed by atoms with Crippen molar-refractivity contribution in [1.82, 2.24) is 4.98 Å². The molecule has 0 radical (unpaired) electrons. The SMILES string of the molecule is Cc1cc(N(CCN)C(N)=S)c(C)c2c(C#N)ccnc12. The summed E-state index contributed by atoms with van der Waals surface area (Å²) in [6, 6.07) is 5.92. The van der Waals surface area contributed by atoms with Gasteiger partial charge in [0.1, 0.15) is 0 Å². The first-order valence-electron chi connectivity index (χ1n) is 6.57. The van der Waals surface area contributed by atoms with Gasteiger partial charge in [-0.25, -0.2) is 0 Å². The van der Waals surface area contributed by atoms with Crippen molar-refractivity contribution < 1.29 is 0 Å². The highest BCUT2D eigenvalue weighted by atomic mass is 32.1. The standard InChI is InChI=1S/C15H17N5S/c1-9-7-12(20(6-4-16)15(18)21)10(2)13-11(8-17)3-5-19-14(9)13/h3,5,7H,4,6,16H2,1-2H3,(H2,18,21). The van der Waals surface area contributed by atoms with Crippen LogP contribution in [0.4, 0.5) is 5.69 Å². The number of nitriles is 1. The predicted molar refractivity (Wildman–Crippen MR) is 89.1 cm³/mol. The lowest BCUT2D eigenvalue weighted by molar-refractivity contribution is 0.940. The van der Waals surface area contributed by atoms with Crippen molar-refractivity contribution >= 4 is 33.9 Å². The Balaban J connectivity index is 2.80. The fraction of sp³-hybridized carbons (Fsp3) is 0.267. The summed E-state index contributed by atoms with van der Waals surface area (Å²) in [7, 11) is 0. The second-order valence-corrected chi connectivity index (χ2v) is 5.23. The Morgan fingerprint density at radius 3 is 2.76 bits per heavy atom. The van der Waals surface area contributed by atoms with Gasteiger partial charge in [0.2, 0.25) is 0 Å². The van der Waals surface area contributed by atoms with Gasteiger partial charge in [0.05, 0.1) is 17.1 Å². The van der Waals surface area contributed by atoms with E-state index in [4.69, 9.17) is 23.7 Å². The molecule has 0 unspecified atom stereocenters. The molecule has 5 nitrogen and oxygen atoms in total. The third-order valence-electron chi connectivity index (χ3n) is 3.47. The number of anilines is 1. The van der Waals surface area contributed by atoms with E-state index < -0.39 is 0 Å². The van der Waals surface area contributed by atoms with Crippen LogP contribution in [0.3, 0.4) is 0 Å². The Morgan fingerprint density at radius 1 is 1.48 bits per heavy atom. The topological polar surface area (TPSA) is 92.0 Å². The van der Waals surface area contributed by atoms with Crippen LogP contribution in [-0.2, 0) is 0 Å². The summed E-state index contributed by atoms with van der Waals surface area (Å²) in [5, 5.41) is 10.4. The quantitative estimate of drug-likeness (QED) is 0.839. The zero-order valence-electron chi connectivity index (χ0n) is 12.1. The predicted octanol–water partition coefficient (Wildman–Crippen LogP) is 1.73. The van der Waals surface area contributed by atoms with Gasteiger partial charge in [-0.1, -0.05) is 0 Å². The Kier molecular flexibility index (Phi) is 4.36. The lowest BCUT2D eigenvalue weighted by atomic mass is 9.99. The molecule has 21 heavy (non-hydrogen) atoms. The molecule has 2 rings (SSSR count). The number of fused-ring (bicyclic) bond motifs is 1. The smallest absolute Gasteiger partial charge is 0.170 e. The molecule has 0 saturated carbocycles. The van der Waals surface area contributed by atoms with Crippen molar-refractivity contribution in [3.63, 3.8) is 0 Å². The minimum Gasteiger partial charge on any atom is -0.376 e. The molecule has 1 aromatic heterocycles. The van der Waals surface area contributed by atoms with Crippen LogP contribution >= 0.6 is 12.2 Å². The number of thiocarbonyl (C=S) groups is 1. The van der Waals surface area contributed by atoms with Gasteiger partial charge in [0.25, 0.3) is 0 Å². The van der Waals surface area contributed by atoms with Gasteiger partial charge in [-0.15, -0.1) is 0 Å². The first-order valence-corrected chi connectivity index (χ1v) is 6.98. The van der Waals surface area contributed by atoms with Crippen LogP contribution in [-0.4, -0.2) is 23.2 Å². The van der Waals surface area contributed by atoms with Crippen LogP contribution in [0.1, 0.15) is 16.7 Å². The van der Waals surface area contributed by atoms with Crippen LogP contribution in [0.5, 0.6) is 0 Å². The fourth-order valence-electron chi connectivity index (χ4n) is 2.50. The summed E-state index contributed by atoms with van der Waals surface area (Å²) in [6.07, 6.45) is 1.65. The number of hydrogen-bond donors (Lipinski definition) is 2. The highest BCUT2D eigenvalue weighted by Gasteiger charge is 2.17. The summed E-state index contributed by atoms with van der Waals surface area (Å²) in [5.41, 5.74) is 15.7. The lowest BCUT2D eigenvalue weighted by Crippen LogP contribution is -2.39. The third kappa shape index (κ3) is 2.66. The number of aromatic nitrogens is 1. The number of pyridine rings is 1. The lowest BCUT2D eigenvalue weighted by Gasteiger charge is -2.25. The molecule has 1 heterocycles. The number of benzene rings is 1. The maximum atomic E-state index is 9.33. The molecule has 6 heteroatoms. The highest BCUT2D eigenvalue weighted by molar-refractivity contribution is 7.80.